The van der Waals surface area contributed by atoms with Gasteiger partial charge in [0.1, 0.15) is 0 Å². The molecule has 0 radical (unpaired) electrons. The molecule has 4 nitrogen and oxygen atoms in total. The highest BCUT2D eigenvalue weighted by atomic mass is 32.2. The minimum atomic E-state index is -2.97. The van der Waals surface area contributed by atoms with Crippen LogP contribution >= 0.6 is 0 Å². The molecular formula is C11H23NO3S. The fourth-order valence-corrected chi connectivity index (χ4v) is 1.79. The normalized spacial score (nSPS) is 13.8. The quantitative estimate of drug-likeness (QED) is 0.738. The van der Waals surface area contributed by atoms with Crippen LogP contribution < -0.4 is 5.32 Å². The number of nitrogens with one attached hydrogen (secondary N) is 1. The Balaban J connectivity index is 3.83. The van der Waals surface area contributed by atoms with Crippen molar-refractivity contribution in [3.8, 4) is 0 Å². The minimum absolute atomic E-state index is 0.0330. The van der Waals surface area contributed by atoms with Crippen LogP contribution in [-0.4, -0.2) is 32.4 Å². The SMILES string of the molecule is CCS(=O)(=O)CCNC(=O)CC(C)C(C)C. The Bertz CT molecular complexity index is 309. The molecule has 96 valence electrons. The Hall–Kier alpha value is -0.580. The van der Waals surface area contributed by atoms with Crippen molar-refractivity contribution in [2.75, 3.05) is 18.1 Å². The first-order chi connectivity index (χ1) is 7.28. The zero-order valence-corrected chi connectivity index (χ0v) is 11.4. The van der Waals surface area contributed by atoms with Crippen molar-refractivity contribution in [2.24, 2.45) is 11.8 Å². The lowest BCUT2D eigenvalue weighted by molar-refractivity contribution is -0.122. The standard InChI is InChI=1S/C11H23NO3S/c1-5-16(14,15)7-6-12-11(13)8-10(4)9(2)3/h9-10H,5-8H2,1-4H3,(H,12,13). The van der Waals surface area contributed by atoms with Crippen LogP contribution in [0.1, 0.15) is 34.1 Å². The number of carbonyl (C=O) groups is 1. The Morgan fingerprint density at radius 3 is 2.25 bits per heavy atom. The summed E-state index contributed by atoms with van der Waals surface area (Å²) < 4.78 is 22.3. The molecule has 16 heavy (non-hydrogen) atoms. The maximum Gasteiger partial charge on any atom is 0.220 e. The van der Waals surface area contributed by atoms with E-state index in [0.717, 1.165) is 0 Å². The molecular weight excluding hydrogens is 226 g/mol. The molecule has 0 aliphatic rings. The average molecular weight is 249 g/mol. The van der Waals surface area contributed by atoms with Gasteiger partial charge in [-0.1, -0.05) is 27.7 Å². The molecule has 0 aliphatic carbocycles. The molecule has 0 aromatic rings. The molecule has 1 amide bonds. The lowest BCUT2D eigenvalue weighted by Gasteiger charge is -2.14. The van der Waals surface area contributed by atoms with Gasteiger partial charge >= 0.3 is 0 Å². The topological polar surface area (TPSA) is 63.2 Å². The molecule has 0 spiro atoms. The van der Waals surface area contributed by atoms with Gasteiger partial charge in [0, 0.05) is 18.7 Å². The van der Waals surface area contributed by atoms with Crippen molar-refractivity contribution < 1.29 is 13.2 Å². The fraction of sp³-hybridized carbons (Fsp3) is 0.909. The number of carbonyl (C=O) groups excluding carboxylic acids is 1. The fourth-order valence-electron chi connectivity index (χ4n) is 1.09. The van der Waals surface area contributed by atoms with Crippen LogP contribution in [0.2, 0.25) is 0 Å². The van der Waals surface area contributed by atoms with Gasteiger partial charge in [0.05, 0.1) is 5.75 Å². The third kappa shape index (κ3) is 6.82. The van der Waals surface area contributed by atoms with Crippen LogP contribution in [0.3, 0.4) is 0 Å². The van der Waals surface area contributed by atoms with Crippen molar-refractivity contribution in [3.05, 3.63) is 0 Å². The summed E-state index contributed by atoms with van der Waals surface area (Å²) in [4.78, 5) is 11.4. The molecule has 1 unspecified atom stereocenters. The summed E-state index contributed by atoms with van der Waals surface area (Å²) in [5.41, 5.74) is 0. The zero-order valence-electron chi connectivity index (χ0n) is 10.6. The molecule has 1 N–H and O–H groups in total. The second-order valence-corrected chi connectivity index (χ2v) is 6.98. The molecule has 0 bridgehead atoms. The summed E-state index contributed by atoms with van der Waals surface area (Å²) in [7, 11) is -2.97. The van der Waals surface area contributed by atoms with Gasteiger partial charge in [0.2, 0.25) is 5.91 Å². The van der Waals surface area contributed by atoms with Crippen LogP contribution in [0, 0.1) is 11.8 Å². The van der Waals surface area contributed by atoms with Crippen molar-refractivity contribution >= 4 is 15.7 Å². The second-order valence-electron chi connectivity index (χ2n) is 4.51. The third-order valence-corrected chi connectivity index (χ3v) is 4.53. The van der Waals surface area contributed by atoms with E-state index >= 15 is 0 Å². The van der Waals surface area contributed by atoms with Crippen molar-refractivity contribution in [1.82, 2.24) is 5.32 Å². The number of rotatable bonds is 7. The van der Waals surface area contributed by atoms with Gasteiger partial charge in [-0.25, -0.2) is 8.42 Å². The zero-order chi connectivity index (χ0) is 12.8. The summed E-state index contributed by atoms with van der Waals surface area (Å²) in [5, 5.41) is 2.64. The maximum absolute atomic E-state index is 11.4. The molecule has 0 saturated heterocycles. The number of hydrogen-bond acceptors (Lipinski definition) is 3. The average Bonchev–Trinajstić information content (AvgIpc) is 2.17. The monoisotopic (exact) mass is 249 g/mol. The molecule has 0 aromatic heterocycles. The van der Waals surface area contributed by atoms with Gasteiger partial charge in [-0.05, 0) is 11.8 Å². The molecule has 1 atom stereocenters. The van der Waals surface area contributed by atoms with E-state index < -0.39 is 9.84 Å². The Morgan fingerprint density at radius 1 is 1.25 bits per heavy atom. The summed E-state index contributed by atoms with van der Waals surface area (Å²) in [5.74, 6) is 0.886. The van der Waals surface area contributed by atoms with E-state index in [1.807, 2.05) is 6.92 Å². The van der Waals surface area contributed by atoms with Crippen LogP contribution in [0.15, 0.2) is 0 Å². The van der Waals surface area contributed by atoms with E-state index in [1.54, 1.807) is 6.92 Å². The highest BCUT2D eigenvalue weighted by Crippen LogP contribution is 2.13. The molecule has 0 rings (SSSR count). The summed E-state index contributed by atoms with van der Waals surface area (Å²) in [6, 6.07) is 0. The molecule has 5 heteroatoms. The number of amides is 1. The van der Waals surface area contributed by atoms with E-state index in [1.165, 1.54) is 0 Å². The highest BCUT2D eigenvalue weighted by Gasteiger charge is 2.13. The highest BCUT2D eigenvalue weighted by molar-refractivity contribution is 7.91. The minimum Gasteiger partial charge on any atom is -0.355 e. The van der Waals surface area contributed by atoms with Crippen molar-refractivity contribution in [3.63, 3.8) is 0 Å². The molecule has 0 fully saturated rings. The largest absolute Gasteiger partial charge is 0.355 e. The lowest BCUT2D eigenvalue weighted by atomic mass is 9.94. The van der Waals surface area contributed by atoms with Crippen LogP contribution in [0.4, 0.5) is 0 Å². The predicted molar refractivity (Wildman–Crippen MR) is 66.0 cm³/mol. The van der Waals surface area contributed by atoms with E-state index in [-0.39, 0.29) is 24.0 Å². The molecule has 0 saturated carbocycles. The summed E-state index contributed by atoms with van der Waals surface area (Å²) in [6.07, 6.45) is 0.462. The molecule has 0 heterocycles. The number of hydrogen-bond donors (Lipinski definition) is 1. The van der Waals surface area contributed by atoms with E-state index in [9.17, 15) is 13.2 Å². The summed E-state index contributed by atoms with van der Waals surface area (Å²) in [6.45, 7) is 7.99. The van der Waals surface area contributed by atoms with E-state index in [2.05, 4.69) is 19.2 Å². The van der Waals surface area contributed by atoms with Gasteiger partial charge in [-0.2, -0.15) is 0 Å². The first-order valence-corrected chi connectivity index (χ1v) is 7.57. The Morgan fingerprint density at radius 2 is 1.81 bits per heavy atom. The van der Waals surface area contributed by atoms with Gasteiger partial charge in [-0.3, -0.25) is 4.79 Å². The lowest BCUT2D eigenvalue weighted by Crippen LogP contribution is -2.31. The predicted octanol–water partition coefficient (Wildman–Crippen LogP) is 1.22. The first kappa shape index (κ1) is 15.4. The third-order valence-electron chi connectivity index (χ3n) is 2.82. The number of sulfone groups is 1. The second kappa shape index (κ2) is 6.89. The Labute approximate surface area is 98.7 Å². The van der Waals surface area contributed by atoms with Gasteiger partial charge in [-0.15, -0.1) is 0 Å². The molecule has 0 aromatic carbocycles. The molecule has 0 aliphatic heterocycles. The van der Waals surface area contributed by atoms with Crippen LogP contribution in [0.25, 0.3) is 0 Å². The summed E-state index contributed by atoms with van der Waals surface area (Å²) >= 11 is 0. The van der Waals surface area contributed by atoms with Gasteiger partial charge in [0.15, 0.2) is 9.84 Å². The maximum atomic E-state index is 11.4. The van der Waals surface area contributed by atoms with Crippen LogP contribution in [-0.2, 0) is 14.6 Å². The smallest absolute Gasteiger partial charge is 0.220 e. The van der Waals surface area contributed by atoms with Gasteiger partial charge < -0.3 is 5.32 Å². The van der Waals surface area contributed by atoms with E-state index in [0.29, 0.717) is 18.3 Å². The Kier molecular flexibility index (Phi) is 6.64. The van der Waals surface area contributed by atoms with Gasteiger partial charge in [0.25, 0.3) is 0 Å². The van der Waals surface area contributed by atoms with E-state index in [4.69, 9.17) is 0 Å². The van der Waals surface area contributed by atoms with Crippen molar-refractivity contribution in [2.45, 2.75) is 34.1 Å². The first-order valence-electron chi connectivity index (χ1n) is 5.75. The van der Waals surface area contributed by atoms with Crippen molar-refractivity contribution in [1.29, 1.82) is 0 Å². The van der Waals surface area contributed by atoms with Crippen LogP contribution in [0.5, 0.6) is 0 Å².